The van der Waals surface area contributed by atoms with Crippen LogP contribution in [-0.2, 0) is 6.54 Å². The fraction of sp³-hybridized carbons (Fsp3) is 0.261. The van der Waals surface area contributed by atoms with Gasteiger partial charge in [-0.3, -0.25) is 4.79 Å². The molecule has 0 radical (unpaired) electrons. The first-order valence-corrected chi connectivity index (χ1v) is 9.15. The summed E-state index contributed by atoms with van der Waals surface area (Å²) in [5.41, 5.74) is 6.68. The maximum atomic E-state index is 13.4. The van der Waals surface area contributed by atoms with Crippen molar-refractivity contribution < 1.29 is 4.79 Å². The Labute approximate surface area is 154 Å². The molecule has 26 heavy (non-hydrogen) atoms. The molecule has 1 aliphatic rings. The van der Waals surface area contributed by atoms with Crippen LogP contribution >= 0.6 is 0 Å². The van der Waals surface area contributed by atoms with Crippen LogP contribution in [0, 0.1) is 20.8 Å². The predicted molar refractivity (Wildman–Crippen MR) is 104 cm³/mol. The van der Waals surface area contributed by atoms with Gasteiger partial charge in [0.25, 0.3) is 5.91 Å². The van der Waals surface area contributed by atoms with Gasteiger partial charge >= 0.3 is 0 Å². The van der Waals surface area contributed by atoms with Gasteiger partial charge in [-0.1, -0.05) is 42.0 Å². The molecule has 1 amide bonds. The van der Waals surface area contributed by atoms with E-state index in [-0.39, 0.29) is 11.9 Å². The molecule has 0 aliphatic carbocycles. The Morgan fingerprint density at radius 2 is 1.73 bits per heavy atom. The third-order valence-electron chi connectivity index (χ3n) is 5.39. The lowest BCUT2D eigenvalue weighted by molar-refractivity contribution is 0.0663. The Morgan fingerprint density at radius 1 is 0.923 bits per heavy atom. The summed E-state index contributed by atoms with van der Waals surface area (Å²) < 4.78 is 2.27. The highest BCUT2D eigenvalue weighted by Gasteiger charge is 2.33. The lowest BCUT2D eigenvalue weighted by Crippen LogP contribution is -2.42. The summed E-state index contributed by atoms with van der Waals surface area (Å²) in [6.45, 7) is 7.80. The minimum Gasteiger partial charge on any atom is -0.348 e. The average Bonchev–Trinajstić information content (AvgIpc) is 3.10. The van der Waals surface area contributed by atoms with Crippen molar-refractivity contribution in [3.05, 3.63) is 94.3 Å². The summed E-state index contributed by atoms with van der Waals surface area (Å²) >= 11 is 0. The van der Waals surface area contributed by atoms with Crippen LogP contribution < -0.4 is 0 Å². The van der Waals surface area contributed by atoms with Crippen LogP contribution in [0.3, 0.4) is 0 Å². The van der Waals surface area contributed by atoms with E-state index < -0.39 is 0 Å². The number of carbonyl (C=O) groups is 1. The number of aromatic nitrogens is 1. The number of amides is 1. The number of carbonyl (C=O) groups excluding carboxylic acids is 1. The molecule has 0 unspecified atom stereocenters. The zero-order valence-electron chi connectivity index (χ0n) is 15.6. The SMILES string of the molecule is Cc1ccc([C@@H]2c3cccn3CCN2C(=O)c2ccccc2C)c(C)c1. The van der Waals surface area contributed by atoms with Gasteiger partial charge < -0.3 is 9.47 Å². The Morgan fingerprint density at radius 3 is 2.50 bits per heavy atom. The molecule has 0 fully saturated rings. The van der Waals surface area contributed by atoms with Gasteiger partial charge in [-0.05, 0) is 55.7 Å². The number of benzene rings is 2. The van der Waals surface area contributed by atoms with Crippen molar-refractivity contribution in [3.63, 3.8) is 0 Å². The van der Waals surface area contributed by atoms with Crippen LogP contribution in [0.25, 0.3) is 0 Å². The molecule has 0 saturated heterocycles. The molecule has 2 heterocycles. The Bertz CT molecular complexity index is 970. The van der Waals surface area contributed by atoms with E-state index in [0.29, 0.717) is 6.54 Å². The number of hydrogen-bond acceptors (Lipinski definition) is 1. The molecule has 1 atom stereocenters. The average molecular weight is 344 g/mol. The fourth-order valence-electron chi connectivity index (χ4n) is 4.03. The van der Waals surface area contributed by atoms with Gasteiger partial charge in [0.2, 0.25) is 0 Å². The summed E-state index contributed by atoms with van der Waals surface area (Å²) in [4.78, 5) is 15.5. The van der Waals surface area contributed by atoms with Crippen LogP contribution in [0.1, 0.15) is 44.3 Å². The second kappa shape index (κ2) is 6.49. The second-order valence-electron chi connectivity index (χ2n) is 7.20. The van der Waals surface area contributed by atoms with Crippen LogP contribution in [0.15, 0.2) is 60.8 Å². The predicted octanol–water partition coefficient (Wildman–Crippen LogP) is 4.66. The number of nitrogens with zero attached hydrogens (tertiary/aromatic N) is 2. The zero-order valence-corrected chi connectivity index (χ0v) is 15.6. The summed E-state index contributed by atoms with van der Waals surface area (Å²) in [6, 6.07) is 18.6. The number of hydrogen-bond donors (Lipinski definition) is 0. The van der Waals surface area contributed by atoms with Gasteiger partial charge in [-0.15, -0.1) is 0 Å². The third kappa shape index (κ3) is 2.74. The van der Waals surface area contributed by atoms with E-state index in [0.717, 1.165) is 17.7 Å². The van der Waals surface area contributed by atoms with E-state index in [1.165, 1.54) is 22.4 Å². The quantitative estimate of drug-likeness (QED) is 0.664. The molecule has 4 rings (SSSR count). The molecule has 0 spiro atoms. The summed E-state index contributed by atoms with van der Waals surface area (Å²) in [5, 5.41) is 0. The van der Waals surface area contributed by atoms with Gasteiger partial charge in [0.1, 0.15) is 0 Å². The van der Waals surface area contributed by atoms with Crippen molar-refractivity contribution >= 4 is 5.91 Å². The highest BCUT2D eigenvalue weighted by molar-refractivity contribution is 5.96. The molecule has 3 nitrogen and oxygen atoms in total. The fourth-order valence-corrected chi connectivity index (χ4v) is 4.03. The third-order valence-corrected chi connectivity index (χ3v) is 5.39. The maximum absolute atomic E-state index is 13.4. The Kier molecular flexibility index (Phi) is 4.15. The van der Waals surface area contributed by atoms with E-state index in [4.69, 9.17) is 0 Å². The molecule has 132 valence electrons. The molecular weight excluding hydrogens is 320 g/mol. The van der Waals surface area contributed by atoms with Crippen molar-refractivity contribution in [1.29, 1.82) is 0 Å². The molecular formula is C23H24N2O. The molecule has 1 aliphatic heterocycles. The molecule has 0 saturated carbocycles. The lowest BCUT2D eigenvalue weighted by atomic mass is 9.93. The van der Waals surface area contributed by atoms with Crippen LogP contribution in [-0.4, -0.2) is 21.9 Å². The Balaban J connectivity index is 1.83. The number of aryl methyl sites for hydroxylation is 3. The van der Waals surface area contributed by atoms with E-state index in [1.54, 1.807) is 0 Å². The maximum Gasteiger partial charge on any atom is 0.255 e. The summed E-state index contributed by atoms with van der Waals surface area (Å²) in [5.74, 6) is 0.112. The van der Waals surface area contributed by atoms with Crippen molar-refractivity contribution in [2.75, 3.05) is 6.54 Å². The molecule has 3 heteroatoms. The summed E-state index contributed by atoms with van der Waals surface area (Å²) in [7, 11) is 0. The standard InChI is InChI=1S/C23H24N2O/c1-16-10-11-19(18(3)15-16)22-21-9-6-12-24(21)13-14-25(22)23(26)20-8-5-4-7-17(20)2/h4-12,15,22H,13-14H2,1-3H3/t22-/m1/s1. The minimum atomic E-state index is -0.0496. The highest BCUT2D eigenvalue weighted by Crippen LogP contribution is 2.35. The molecule has 2 aromatic carbocycles. The molecule has 0 N–H and O–H groups in total. The van der Waals surface area contributed by atoms with Gasteiger partial charge in [0.05, 0.1) is 6.04 Å². The van der Waals surface area contributed by atoms with Crippen molar-refractivity contribution in [1.82, 2.24) is 9.47 Å². The highest BCUT2D eigenvalue weighted by atomic mass is 16.2. The Hall–Kier alpha value is -2.81. The summed E-state index contributed by atoms with van der Waals surface area (Å²) in [6.07, 6.45) is 2.11. The molecule has 1 aromatic heterocycles. The van der Waals surface area contributed by atoms with E-state index in [2.05, 4.69) is 54.9 Å². The lowest BCUT2D eigenvalue weighted by Gasteiger charge is -2.38. The van der Waals surface area contributed by atoms with Gasteiger partial charge in [0, 0.05) is 30.5 Å². The largest absolute Gasteiger partial charge is 0.348 e. The molecule has 0 bridgehead atoms. The topological polar surface area (TPSA) is 25.2 Å². The minimum absolute atomic E-state index is 0.0496. The monoisotopic (exact) mass is 344 g/mol. The van der Waals surface area contributed by atoms with Crippen LogP contribution in [0.2, 0.25) is 0 Å². The first kappa shape index (κ1) is 16.6. The molecule has 3 aromatic rings. The first-order chi connectivity index (χ1) is 12.6. The van der Waals surface area contributed by atoms with Gasteiger partial charge in [-0.2, -0.15) is 0 Å². The van der Waals surface area contributed by atoms with E-state index in [9.17, 15) is 4.79 Å². The van der Waals surface area contributed by atoms with Crippen LogP contribution in [0.5, 0.6) is 0 Å². The van der Waals surface area contributed by atoms with Crippen molar-refractivity contribution in [2.24, 2.45) is 0 Å². The number of rotatable bonds is 2. The first-order valence-electron chi connectivity index (χ1n) is 9.15. The van der Waals surface area contributed by atoms with E-state index in [1.807, 2.05) is 36.1 Å². The zero-order chi connectivity index (χ0) is 18.3. The van der Waals surface area contributed by atoms with Crippen molar-refractivity contribution in [3.8, 4) is 0 Å². The van der Waals surface area contributed by atoms with Crippen molar-refractivity contribution in [2.45, 2.75) is 33.4 Å². The second-order valence-corrected chi connectivity index (χ2v) is 7.20. The normalized spacial score (nSPS) is 16.4. The van der Waals surface area contributed by atoms with E-state index >= 15 is 0 Å². The number of fused-ring (bicyclic) bond motifs is 1. The smallest absolute Gasteiger partial charge is 0.255 e. The van der Waals surface area contributed by atoms with Gasteiger partial charge in [0.15, 0.2) is 0 Å². The van der Waals surface area contributed by atoms with Crippen LogP contribution in [0.4, 0.5) is 0 Å². The van der Waals surface area contributed by atoms with Gasteiger partial charge in [-0.25, -0.2) is 0 Å².